The van der Waals surface area contributed by atoms with Crippen molar-refractivity contribution in [1.82, 2.24) is 40.0 Å². The van der Waals surface area contributed by atoms with Crippen LogP contribution in [0.5, 0.6) is 0 Å². The van der Waals surface area contributed by atoms with Crippen LogP contribution < -0.4 is 5.32 Å². The van der Waals surface area contributed by atoms with E-state index in [1.54, 1.807) is 12.7 Å². The number of aryl methyl sites for hydroxylation is 3. The zero-order valence-electron chi connectivity index (χ0n) is 21.3. The van der Waals surface area contributed by atoms with Crippen LogP contribution in [0.2, 0.25) is 0 Å². The molecule has 1 aliphatic rings. The molecule has 1 N–H and O–H groups in total. The van der Waals surface area contributed by atoms with Gasteiger partial charge in [-0.1, -0.05) is 19.0 Å². The highest BCUT2D eigenvalue weighted by Gasteiger charge is 2.32. The summed E-state index contributed by atoms with van der Waals surface area (Å²) in [6.07, 6.45) is 7.40. The van der Waals surface area contributed by atoms with E-state index in [-0.39, 0.29) is 0 Å². The van der Waals surface area contributed by atoms with E-state index in [0.717, 1.165) is 56.6 Å². The second-order valence-corrected chi connectivity index (χ2v) is 10.4. The molecule has 35 heavy (non-hydrogen) atoms. The molecule has 3 heterocycles. The average Bonchev–Trinajstić information content (AvgIpc) is 3.55. The van der Waals surface area contributed by atoms with Gasteiger partial charge in [-0.05, 0) is 80.3 Å². The first-order valence-electron chi connectivity index (χ1n) is 12.3. The van der Waals surface area contributed by atoms with Gasteiger partial charge in [-0.15, -0.1) is 0 Å². The van der Waals surface area contributed by atoms with Crippen LogP contribution in [0.25, 0.3) is 23.0 Å². The molecule has 0 saturated heterocycles. The number of benzene rings is 1. The SMILES string of the molecule is Cc1cc(-c2noc(-c3nn(C)c4c3CCC(C)(C)C4)n2)cc(C)c1CCNCCn1cncn1. The number of hydrogen-bond donors (Lipinski definition) is 1. The fourth-order valence-corrected chi connectivity index (χ4v) is 5.10. The molecule has 0 fully saturated rings. The van der Waals surface area contributed by atoms with Crippen molar-refractivity contribution in [3.63, 3.8) is 0 Å². The van der Waals surface area contributed by atoms with Crippen LogP contribution >= 0.6 is 0 Å². The maximum absolute atomic E-state index is 5.71. The number of hydrogen-bond acceptors (Lipinski definition) is 7. The van der Waals surface area contributed by atoms with Crippen molar-refractivity contribution in [3.8, 4) is 23.0 Å². The first-order valence-corrected chi connectivity index (χ1v) is 12.3. The van der Waals surface area contributed by atoms with E-state index in [4.69, 9.17) is 14.6 Å². The van der Waals surface area contributed by atoms with Crippen LogP contribution in [0.4, 0.5) is 0 Å². The van der Waals surface area contributed by atoms with Crippen LogP contribution in [0.15, 0.2) is 29.3 Å². The molecule has 0 bridgehead atoms. The molecule has 4 aromatic rings. The van der Waals surface area contributed by atoms with Gasteiger partial charge in [-0.2, -0.15) is 15.2 Å². The third-order valence-corrected chi connectivity index (χ3v) is 7.09. The minimum absolute atomic E-state index is 0.293. The van der Waals surface area contributed by atoms with E-state index >= 15 is 0 Å². The van der Waals surface area contributed by atoms with E-state index in [2.05, 4.69) is 60.4 Å². The third-order valence-electron chi connectivity index (χ3n) is 7.09. The number of rotatable bonds is 8. The lowest BCUT2D eigenvalue weighted by Gasteiger charge is -2.29. The fourth-order valence-electron chi connectivity index (χ4n) is 5.10. The van der Waals surface area contributed by atoms with Gasteiger partial charge in [-0.25, -0.2) is 4.98 Å². The summed E-state index contributed by atoms with van der Waals surface area (Å²) in [5.41, 5.74) is 8.46. The Morgan fingerprint density at radius 3 is 2.69 bits per heavy atom. The van der Waals surface area contributed by atoms with Crippen molar-refractivity contribution in [2.45, 2.75) is 59.9 Å². The van der Waals surface area contributed by atoms with Crippen LogP contribution in [0.1, 0.15) is 48.2 Å². The molecular formula is C26H34N8O. The molecule has 1 aliphatic carbocycles. The summed E-state index contributed by atoms with van der Waals surface area (Å²) in [5, 5.41) is 16.7. The lowest BCUT2D eigenvalue weighted by molar-refractivity contribution is 0.306. The second kappa shape index (κ2) is 9.37. The van der Waals surface area contributed by atoms with Gasteiger partial charge in [-0.3, -0.25) is 9.36 Å². The highest BCUT2D eigenvalue weighted by molar-refractivity contribution is 5.63. The van der Waals surface area contributed by atoms with Crippen molar-refractivity contribution < 1.29 is 4.52 Å². The van der Waals surface area contributed by atoms with E-state index in [1.165, 1.54) is 27.9 Å². The first-order chi connectivity index (χ1) is 16.8. The quantitative estimate of drug-likeness (QED) is 0.389. The van der Waals surface area contributed by atoms with Gasteiger partial charge in [0.2, 0.25) is 5.82 Å². The monoisotopic (exact) mass is 474 g/mol. The van der Waals surface area contributed by atoms with Gasteiger partial charge in [0.15, 0.2) is 5.69 Å². The highest BCUT2D eigenvalue weighted by atomic mass is 16.5. The summed E-state index contributed by atoms with van der Waals surface area (Å²) in [6.45, 7) is 11.5. The third kappa shape index (κ3) is 4.91. The summed E-state index contributed by atoms with van der Waals surface area (Å²) in [7, 11) is 2.01. The van der Waals surface area contributed by atoms with Gasteiger partial charge in [0, 0.05) is 30.4 Å². The van der Waals surface area contributed by atoms with Gasteiger partial charge < -0.3 is 9.84 Å². The Balaban J connectivity index is 1.28. The Hall–Kier alpha value is -3.33. The first kappa shape index (κ1) is 23.4. The Kier molecular flexibility index (Phi) is 6.27. The predicted molar refractivity (Wildman–Crippen MR) is 134 cm³/mol. The van der Waals surface area contributed by atoms with Crippen molar-refractivity contribution >= 4 is 0 Å². The Morgan fingerprint density at radius 2 is 1.94 bits per heavy atom. The largest absolute Gasteiger partial charge is 0.332 e. The van der Waals surface area contributed by atoms with Crippen molar-refractivity contribution in [3.05, 3.63) is 52.7 Å². The zero-order valence-corrected chi connectivity index (χ0v) is 21.3. The Labute approximate surface area is 206 Å². The average molecular weight is 475 g/mol. The molecule has 0 radical (unpaired) electrons. The topological polar surface area (TPSA) is 99.5 Å². The van der Waals surface area contributed by atoms with Crippen molar-refractivity contribution in [1.29, 1.82) is 0 Å². The molecule has 0 amide bonds. The maximum atomic E-state index is 5.71. The second-order valence-electron chi connectivity index (χ2n) is 10.4. The fraction of sp³-hybridized carbons (Fsp3) is 0.500. The number of fused-ring (bicyclic) bond motifs is 1. The highest BCUT2D eigenvalue weighted by Crippen LogP contribution is 2.38. The normalized spacial score (nSPS) is 14.9. The Bertz CT molecular complexity index is 1290. The van der Waals surface area contributed by atoms with E-state index in [9.17, 15) is 0 Å². The van der Waals surface area contributed by atoms with Gasteiger partial charge >= 0.3 is 0 Å². The van der Waals surface area contributed by atoms with Crippen molar-refractivity contribution in [2.75, 3.05) is 13.1 Å². The summed E-state index contributed by atoms with van der Waals surface area (Å²) >= 11 is 0. The van der Waals surface area contributed by atoms with E-state index in [0.29, 0.717) is 17.1 Å². The predicted octanol–water partition coefficient (Wildman–Crippen LogP) is 3.69. The minimum Gasteiger partial charge on any atom is -0.332 e. The molecule has 1 aromatic carbocycles. The lowest BCUT2D eigenvalue weighted by atomic mass is 9.76. The van der Waals surface area contributed by atoms with Gasteiger partial charge in [0.05, 0.1) is 6.54 Å². The van der Waals surface area contributed by atoms with Crippen LogP contribution in [-0.2, 0) is 32.9 Å². The molecular weight excluding hydrogens is 440 g/mol. The summed E-state index contributed by atoms with van der Waals surface area (Å²) in [6, 6.07) is 4.31. The smallest absolute Gasteiger partial charge is 0.279 e. The lowest BCUT2D eigenvalue weighted by Crippen LogP contribution is -2.23. The maximum Gasteiger partial charge on any atom is 0.279 e. The molecule has 3 aromatic heterocycles. The molecule has 0 saturated carbocycles. The molecule has 9 heteroatoms. The van der Waals surface area contributed by atoms with Gasteiger partial charge in [0.1, 0.15) is 12.7 Å². The molecule has 0 atom stereocenters. The van der Waals surface area contributed by atoms with Crippen LogP contribution in [0.3, 0.4) is 0 Å². The molecule has 0 spiro atoms. The summed E-state index contributed by atoms with van der Waals surface area (Å²) < 4.78 is 9.53. The Morgan fingerprint density at radius 1 is 1.14 bits per heavy atom. The summed E-state index contributed by atoms with van der Waals surface area (Å²) in [5.74, 6) is 1.12. The van der Waals surface area contributed by atoms with E-state index < -0.39 is 0 Å². The van der Waals surface area contributed by atoms with E-state index in [1.807, 2.05) is 16.4 Å². The minimum atomic E-state index is 0.293. The molecule has 184 valence electrons. The molecule has 5 rings (SSSR count). The van der Waals surface area contributed by atoms with Gasteiger partial charge in [0.25, 0.3) is 5.89 Å². The van der Waals surface area contributed by atoms with Crippen LogP contribution in [-0.4, -0.2) is 47.8 Å². The molecule has 0 unspecified atom stereocenters. The standard InChI is InChI=1S/C26H34N8O/c1-17-12-19(13-18(2)20(17)7-9-27-10-11-34-16-28-15-29-34)24-30-25(35-32-24)23-21-6-8-26(3,4)14-22(21)33(5)31-23/h12-13,15-16,27H,6-11,14H2,1-5H3. The zero-order chi connectivity index (χ0) is 24.6. The summed E-state index contributed by atoms with van der Waals surface area (Å²) in [4.78, 5) is 8.72. The molecule has 9 nitrogen and oxygen atoms in total. The van der Waals surface area contributed by atoms with Crippen LogP contribution in [0, 0.1) is 19.3 Å². The molecule has 0 aliphatic heterocycles. The number of nitrogens with one attached hydrogen (secondary N) is 1. The number of nitrogens with zero attached hydrogens (tertiary/aromatic N) is 7. The van der Waals surface area contributed by atoms with Crippen molar-refractivity contribution in [2.24, 2.45) is 12.5 Å². The number of aromatic nitrogens is 7.